The number of rotatable bonds is 3. The maximum Gasteiger partial charge on any atom is 0.270 e. The Morgan fingerprint density at radius 2 is 2.39 bits per heavy atom. The lowest BCUT2D eigenvalue weighted by Crippen LogP contribution is -2.43. The van der Waals surface area contributed by atoms with E-state index in [1.807, 2.05) is 11.9 Å². The van der Waals surface area contributed by atoms with Crippen LogP contribution in [0.15, 0.2) is 23.0 Å². The average molecular weight is 249 g/mol. The fourth-order valence-electron chi connectivity index (χ4n) is 2.45. The molecule has 0 radical (unpaired) electrons. The summed E-state index contributed by atoms with van der Waals surface area (Å²) in [6, 6.07) is 4.68. The van der Waals surface area contributed by atoms with Gasteiger partial charge in [-0.1, -0.05) is 6.07 Å². The molecule has 1 aliphatic heterocycles. The van der Waals surface area contributed by atoms with Gasteiger partial charge in [-0.05, 0) is 38.4 Å². The van der Waals surface area contributed by atoms with Crippen molar-refractivity contribution in [1.82, 2.24) is 15.2 Å². The van der Waals surface area contributed by atoms with Crippen LogP contribution in [0.3, 0.4) is 0 Å². The number of hydrogen-bond acceptors (Lipinski definition) is 3. The highest BCUT2D eigenvalue weighted by Gasteiger charge is 2.24. The molecular weight excluding hydrogens is 230 g/mol. The van der Waals surface area contributed by atoms with Gasteiger partial charge in [0.1, 0.15) is 5.69 Å². The van der Waals surface area contributed by atoms with Crippen molar-refractivity contribution in [3.8, 4) is 0 Å². The van der Waals surface area contributed by atoms with Crippen molar-refractivity contribution in [2.75, 3.05) is 26.7 Å². The van der Waals surface area contributed by atoms with Crippen LogP contribution in [0.2, 0.25) is 0 Å². The summed E-state index contributed by atoms with van der Waals surface area (Å²) < 4.78 is 0. The highest BCUT2D eigenvalue weighted by molar-refractivity contribution is 5.92. The van der Waals surface area contributed by atoms with Crippen molar-refractivity contribution in [1.29, 1.82) is 0 Å². The maximum atomic E-state index is 12.2. The van der Waals surface area contributed by atoms with E-state index in [0.29, 0.717) is 11.6 Å². The Morgan fingerprint density at radius 3 is 3.11 bits per heavy atom. The number of carbonyl (C=O) groups is 1. The molecular formula is C13H19N3O2. The molecule has 1 unspecified atom stereocenters. The zero-order valence-electron chi connectivity index (χ0n) is 10.6. The summed E-state index contributed by atoms with van der Waals surface area (Å²) in [7, 11) is 1.93. The van der Waals surface area contributed by atoms with Gasteiger partial charge in [-0.2, -0.15) is 0 Å². The summed E-state index contributed by atoms with van der Waals surface area (Å²) in [6.45, 7) is 2.46. The van der Waals surface area contributed by atoms with Crippen molar-refractivity contribution in [2.45, 2.75) is 12.8 Å². The summed E-state index contributed by atoms with van der Waals surface area (Å²) in [4.78, 5) is 27.9. The van der Waals surface area contributed by atoms with Crippen LogP contribution >= 0.6 is 0 Å². The molecule has 1 aliphatic rings. The molecule has 18 heavy (non-hydrogen) atoms. The first kappa shape index (κ1) is 12.8. The van der Waals surface area contributed by atoms with Crippen molar-refractivity contribution < 1.29 is 4.79 Å². The second-order valence-corrected chi connectivity index (χ2v) is 4.75. The summed E-state index contributed by atoms with van der Waals surface area (Å²) in [5, 5.41) is 3.15. The predicted molar refractivity (Wildman–Crippen MR) is 69.6 cm³/mol. The van der Waals surface area contributed by atoms with Crippen LogP contribution < -0.4 is 10.9 Å². The Balaban J connectivity index is 2.06. The molecule has 0 aromatic carbocycles. The Labute approximate surface area is 106 Å². The summed E-state index contributed by atoms with van der Waals surface area (Å²) in [5.41, 5.74) is 0.150. The first-order valence-electron chi connectivity index (χ1n) is 6.34. The summed E-state index contributed by atoms with van der Waals surface area (Å²) >= 11 is 0. The minimum Gasteiger partial charge on any atom is -0.337 e. The fourth-order valence-corrected chi connectivity index (χ4v) is 2.45. The first-order valence-corrected chi connectivity index (χ1v) is 6.34. The van der Waals surface area contributed by atoms with Gasteiger partial charge in [0.05, 0.1) is 0 Å². The lowest BCUT2D eigenvalue weighted by molar-refractivity contribution is 0.0668. The van der Waals surface area contributed by atoms with E-state index < -0.39 is 0 Å². The number of amides is 1. The van der Waals surface area contributed by atoms with Gasteiger partial charge in [0.2, 0.25) is 5.56 Å². The number of nitrogens with zero attached hydrogens (tertiary/aromatic N) is 1. The predicted octanol–water partition coefficient (Wildman–Crippen LogP) is 0.447. The van der Waals surface area contributed by atoms with Gasteiger partial charge in [0, 0.05) is 19.2 Å². The molecule has 98 valence electrons. The molecule has 0 bridgehead atoms. The average Bonchev–Trinajstić information content (AvgIpc) is 2.39. The lowest BCUT2D eigenvalue weighted by atomic mass is 9.98. The van der Waals surface area contributed by atoms with Gasteiger partial charge in [-0.15, -0.1) is 0 Å². The van der Waals surface area contributed by atoms with Gasteiger partial charge in [-0.3, -0.25) is 9.59 Å². The second kappa shape index (κ2) is 5.82. The molecule has 1 aromatic rings. The first-order chi connectivity index (χ1) is 8.70. The van der Waals surface area contributed by atoms with Gasteiger partial charge >= 0.3 is 0 Å². The lowest BCUT2D eigenvalue weighted by Gasteiger charge is -2.32. The van der Waals surface area contributed by atoms with Crippen LogP contribution in [0.5, 0.6) is 0 Å². The monoisotopic (exact) mass is 249 g/mol. The molecule has 1 amide bonds. The van der Waals surface area contributed by atoms with E-state index >= 15 is 0 Å². The van der Waals surface area contributed by atoms with Crippen LogP contribution in [0.1, 0.15) is 23.3 Å². The van der Waals surface area contributed by atoms with Crippen molar-refractivity contribution >= 4 is 5.91 Å². The van der Waals surface area contributed by atoms with Crippen LogP contribution in [0.25, 0.3) is 0 Å². The number of hydrogen-bond donors (Lipinski definition) is 2. The summed E-state index contributed by atoms with van der Waals surface area (Å²) in [6.07, 6.45) is 2.17. The molecule has 1 aromatic heterocycles. The third kappa shape index (κ3) is 2.98. The number of carbonyl (C=O) groups excluding carboxylic acids is 1. The largest absolute Gasteiger partial charge is 0.337 e. The molecule has 1 atom stereocenters. The standard InChI is InChI=1S/C13H19N3O2/c1-14-8-10-4-3-7-16(9-10)13(18)11-5-2-6-12(17)15-11/h2,5-6,10,14H,3-4,7-9H2,1H3,(H,15,17). The Hall–Kier alpha value is -1.62. The number of likely N-dealkylation sites (tertiary alicyclic amines) is 1. The van der Waals surface area contributed by atoms with Crippen molar-refractivity contribution in [2.24, 2.45) is 5.92 Å². The topological polar surface area (TPSA) is 65.2 Å². The number of H-pyrrole nitrogens is 1. The van der Waals surface area contributed by atoms with E-state index in [-0.39, 0.29) is 11.5 Å². The second-order valence-electron chi connectivity index (χ2n) is 4.75. The van der Waals surface area contributed by atoms with Crippen molar-refractivity contribution in [3.05, 3.63) is 34.2 Å². The minimum absolute atomic E-state index is 0.0755. The van der Waals surface area contributed by atoms with E-state index in [2.05, 4.69) is 10.3 Å². The normalized spacial score (nSPS) is 19.8. The molecule has 0 aliphatic carbocycles. The molecule has 0 spiro atoms. The van der Waals surface area contributed by atoms with E-state index in [9.17, 15) is 9.59 Å². The molecule has 2 heterocycles. The Kier molecular flexibility index (Phi) is 4.15. The highest BCUT2D eigenvalue weighted by Crippen LogP contribution is 2.17. The van der Waals surface area contributed by atoms with Gasteiger partial charge in [0.25, 0.3) is 5.91 Å². The van der Waals surface area contributed by atoms with Crippen LogP contribution in [0, 0.1) is 5.92 Å². The van der Waals surface area contributed by atoms with Crippen LogP contribution in [-0.4, -0.2) is 42.5 Å². The van der Waals surface area contributed by atoms with Crippen molar-refractivity contribution in [3.63, 3.8) is 0 Å². The SMILES string of the molecule is CNCC1CCCN(C(=O)c2cccc(=O)[nH]2)C1. The number of pyridine rings is 1. The van der Waals surface area contributed by atoms with Crippen LogP contribution in [0.4, 0.5) is 0 Å². The van der Waals surface area contributed by atoms with E-state index in [0.717, 1.165) is 32.5 Å². The molecule has 5 nitrogen and oxygen atoms in total. The van der Waals surface area contributed by atoms with E-state index in [1.54, 1.807) is 12.1 Å². The van der Waals surface area contributed by atoms with E-state index in [1.165, 1.54) is 6.07 Å². The summed E-state index contributed by atoms with van der Waals surface area (Å²) in [5.74, 6) is 0.427. The smallest absolute Gasteiger partial charge is 0.270 e. The quantitative estimate of drug-likeness (QED) is 0.817. The Morgan fingerprint density at radius 1 is 1.56 bits per heavy atom. The molecule has 0 saturated carbocycles. The third-order valence-corrected chi connectivity index (χ3v) is 3.30. The molecule has 1 fully saturated rings. The molecule has 1 saturated heterocycles. The zero-order valence-corrected chi connectivity index (χ0v) is 10.6. The van der Waals surface area contributed by atoms with Crippen LogP contribution in [-0.2, 0) is 0 Å². The molecule has 5 heteroatoms. The number of nitrogens with one attached hydrogen (secondary N) is 2. The fraction of sp³-hybridized carbons (Fsp3) is 0.538. The third-order valence-electron chi connectivity index (χ3n) is 3.30. The molecule has 2 N–H and O–H groups in total. The van der Waals surface area contributed by atoms with Gasteiger partial charge in [-0.25, -0.2) is 0 Å². The van der Waals surface area contributed by atoms with Gasteiger partial charge < -0.3 is 15.2 Å². The van der Waals surface area contributed by atoms with Gasteiger partial charge in [0.15, 0.2) is 0 Å². The molecule has 2 rings (SSSR count). The van der Waals surface area contributed by atoms with E-state index in [4.69, 9.17) is 0 Å². The number of piperidine rings is 1. The highest BCUT2D eigenvalue weighted by atomic mass is 16.2. The Bertz CT molecular complexity index is 467. The number of aromatic amines is 1. The minimum atomic E-state index is -0.232. The number of aromatic nitrogens is 1. The zero-order chi connectivity index (χ0) is 13.0. The maximum absolute atomic E-state index is 12.2.